The lowest BCUT2D eigenvalue weighted by atomic mass is 9.64. The average Bonchev–Trinajstić information content (AvgIpc) is 3.16. The van der Waals surface area contributed by atoms with E-state index in [9.17, 15) is 14.4 Å². The van der Waals surface area contributed by atoms with Gasteiger partial charge in [-0.05, 0) is 17.9 Å². The SMILES string of the molecule is CCCCCOC(=O)C1=C(N)OC2=C(C(=O)c3cccc4cccc2c34)C12C(=O)Nc1ccccc12. The fourth-order valence-electron chi connectivity index (χ4n) is 5.61. The predicted molar refractivity (Wildman–Crippen MR) is 135 cm³/mol. The fraction of sp³-hybridized carbons (Fsp3) is 0.207. The third kappa shape index (κ3) is 2.83. The van der Waals surface area contributed by atoms with Crippen LogP contribution < -0.4 is 11.1 Å². The van der Waals surface area contributed by atoms with Crippen molar-refractivity contribution in [3.8, 4) is 0 Å². The highest BCUT2D eigenvalue weighted by Crippen LogP contribution is 2.56. The number of nitrogens with one attached hydrogen (secondary N) is 1. The number of para-hydroxylation sites is 1. The molecule has 0 fully saturated rings. The minimum absolute atomic E-state index is 0.0749. The number of fused-ring (bicyclic) bond motifs is 4. The molecule has 7 nitrogen and oxygen atoms in total. The predicted octanol–water partition coefficient (Wildman–Crippen LogP) is 4.57. The van der Waals surface area contributed by atoms with Crippen LogP contribution in [0.1, 0.15) is 47.7 Å². The van der Waals surface area contributed by atoms with Gasteiger partial charge in [0, 0.05) is 27.8 Å². The maximum Gasteiger partial charge on any atom is 0.341 e. The lowest BCUT2D eigenvalue weighted by Gasteiger charge is -2.38. The third-order valence-corrected chi connectivity index (χ3v) is 7.16. The average molecular weight is 481 g/mol. The van der Waals surface area contributed by atoms with E-state index in [1.54, 1.807) is 36.4 Å². The molecule has 36 heavy (non-hydrogen) atoms. The first-order valence-electron chi connectivity index (χ1n) is 12.1. The molecule has 3 aromatic rings. The number of carbonyl (C=O) groups is 3. The number of hydrogen-bond donors (Lipinski definition) is 2. The van der Waals surface area contributed by atoms with E-state index in [-0.39, 0.29) is 35.2 Å². The molecule has 2 heterocycles. The van der Waals surface area contributed by atoms with Crippen LogP contribution in [0.2, 0.25) is 0 Å². The summed E-state index contributed by atoms with van der Waals surface area (Å²) in [6, 6.07) is 18.1. The first kappa shape index (κ1) is 22.1. The van der Waals surface area contributed by atoms with Crippen LogP contribution in [0.3, 0.4) is 0 Å². The number of unbranched alkanes of at least 4 members (excludes halogenated alkanes) is 2. The van der Waals surface area contributed by atoms with Crippen molar-refractivity contribution >= 4 is 39.9 Å². The molecule has 180 valence electrons. The maximum atomic E-state index is 14.2. The minimum Gasteiger partial charge on any atom is -0.462 e. The van der Waals surface area contributed by atoms with Gasteiger partial charge in [0.05, 0.1) is 12.2 Å². The van der Waals surface area contributed by atoms with E-state index in [2.05, 4.69) is 5.32 Å². The molecular formula is C29H24N2O5. The number of esters is 1. The Hall–Kier alpha value is -4.39. The molecule has 1 unspecified atom stereocenters. The van der Waals surface area contributed by atoms with Gasteiger partial charge >= 0.3 is 5.97 Å². The summed E-state index contributed by atoms with van der Waals surface area (Å²) in [4.78, 5) is 41.7. The van der Waals surface area contributed by atoms with Crippen LogP contribution in [-0.4, -0.2) is 24.3 Å². The van der Waals surface area contributed by atoms with Crippen molar-refractivity contribution in [2.45, 2.75) is 31.6 Å². The largest absolute Gasteiger partial charge is 0.462 e. The van der Waals surface area contributed by atoms with E-state index in [1.165, 1.54) is 0 Å². The lowest BCUT2D eigenvalue weighted by molar-refractivity contribution is -0.141. The van der Waals surface area contributed by atoms with E-state index in [0.717, 1.165) is 23.6 Å². The summed E-state index contributed by atoms with van der Waals surface area (Å²) in [5.41, 5.74) is 6.58. The zero-order chi connectivity index (χ0) is 25.0. The molecule has 1 spiro atoms. The van der Waals surface area contributed by atoms with Crippen LogP contribution >= 0.6 is 0 Å². The highest BCUT2D eigenvalue weighted by Gasteiger charge is 2.62. The van der Waals surface area contributed by atoms with Gasteiger partial charge in [0.15, 0.2) is 5.78 Å². The molecule has 2 aliphatic heterocycles. The molecule has 3 aliphatic rings. The highest BCUT2D eigenvalue weighted by molar-refractivity contribution is 6.32. The van der Waals surface area contributed by atoms with Crippen molar-refractivity contribution in [3.63, 3.8) is 0 Å². The summed E-state index contributed by atoms with van der Waals surface area (Å²) in [7, 11) is 0. The number of hydrogen-bond acceptors (Lipinski definition) is 6. The van der Waals surface area contributed by atoms with Crippen LogP contribution in [0.4, 0.5) is 5.69 Å². The molecule has 3 aromatic carbocycles. The zero-order valence-electron chi connectivity index (χ0n) is 19.7. The highest BCUT2D eigenvalue weighted by atomic mass is 16.5. The molecule has 3 N–H and O–H groups in total. The number of ketones is 1. The molecule has 1 atom stereocenters. The van der Waals surface area contributed by atoms with Gasteiger partial charge in [0.2, 0.25) is 11.8 Å². The molecule has 0 saturated carbocycles. The summed E-state index contributed by atoms with van der Waals surface area (Å²) >= 11 is 0. The summed E-state index contributed by atoms with van der Waals surface area (Å²) in [5.74, 6) is -1.75. The molecule has 1 aliphatic carbocycles. The van der Waals surface area contributed by atoms with Crippen molar-refractivity contribution in [2.75, 3.05) is 11.9 Å². The standard InChI is InChI=1S/C29H24N2O5/c1-2-3-6-15-35-27(33)23-26(30)36-25-18-12-8-10-16-9-7-11-17(21(16)18)24(32)22(25)29(23)19-13-4-5-14-20(19)31-28(29)34/h4-5,7-14H,2-3,6,15,30H2,1H3,(H,31,34). The van der Waals surface area contributed by atoms with Crippen LogP contribution in [-0.2, 0) is 24.5 Å². The number of benzene rings is 3. The van der Waals surface area contributed by atoms with Crippen molar-refractivity contribution in [1.29, 1.82) is 0 Å². The Bertz CT molecular complexity index is 1550. The molecule has 6 rings (SSSR count). The number of rotatable bonds is 5. The quantitative estimate of drug-likeness (QED) is 0.409. The van der Waals surface area contributed by atoms with Gasteiger partial charge < -0.3 is 20.5 Å². The molecule has 0 saturated heterocycles. The molecule has 7 heteroatoms. The van der Waals surface area contributed by atoms with Crippen LogP contribution in [0, 0.1) is 0 Å². The Balaban J connectivity index is 1.63. The van der Waals surface area contributed by atoms with Crippen molar-refractivity contribution < 1.29 is 23.9 Å². The maximum absolute atomic E-state index is 14.2. The number of amides is 1. The summed E-state index contributed by atoms with van der Waals surface area (Å²) in [6.45, 7) is 2.22. The Morgan fingerprint density at radius 1 is 1.00 bits per heavy atom. The Morgan fingerprint density at radius 2 is 1.75 bits per heavy atom. The van der Waals surface area contributed by atoms with E-state index in [4.69, 9.17) is 15.2 Å². The Morgan fingerprint density at radius 3 is 2.53 bits per heavy atom. The summed E-state index contributed by atoms with van der Waals surface area (Å²) in [6.07, 6.45) is 2.52. The first-order chi connectivity index (χ1) is 17.5. The molecule has 0 aromatic heterocycles. The number of nitrogens with two attached hydrogens (primary N) is 1. The molecule has 0 bridgehead atoms. The first-order valence-corrected chi connectivity index (χ1v) is 12.1. The Kier molecular flexibility index (Phi) is 4.96. The molecular weight excluding hydrogens is 456 g/mol. The minimum atomic E-state index is -1.80. The summed E-state index contributed by atoms with van der Waals surface area (Å²) < 4.78 is 11.6. The zero-order valence-corrected chi connectivity index (χ0v) is 19.7. The van der Waals surface area contributed by atoms with E-state index < -0.39 is 17.3 Å². The normalized spacial score (nSPS) is 19.8. The van der Waals surface area contributed by atoms with Gasteiger partial charge in [-0.25, -0.2) is 4.79 Å². The molecule has 1 amide bonds. The van der Waals surface area contributed by atoms with E-state index in [0.29, 0.717) is 28.8 Å². The second-order valence-electron chi connectivity index (χ2n) is 9.18. The molecule has 0 radical (unpaired) electrons. The smallest absolute Gasteiger partial charge is 0.341 e. The lowest BCUT2D eigenvalue weighted by Crippen LogP contribution is -2.48. The topological polar surface area (TPSA) is 108 Å². The number of carbonyl (C=O) groups excluding carboxylic acids is 3. The second kappa shape index (κ2) is 8.09. The van der Waals surface area contributed by atoms with Gasteiger partial charge in [-0.3, -0.25) is 9.59 Å². The Labute approximate surface area is 207 Å². The monoisotopic (exact) mass is 480 g/mol. The van der Waals surface area contributed by atoms with Gasteiger partial charge in [-0.1, -0.05) is 74.4 Å². The van der Waals surface area contributed by atoms with Crippen molar-refractivity contribution in [2.24, 2.45) is 5.73 Å². The van der Waals surface area contributed by atoms with Crippen molar-refractivity contribution in [3.05, 3.63) is 94.4 Å². The van der Waals surface area contributed by atoms with Crippen LogP contribution in [0.25, 0.3) is 16.5 Å². The van der Waals surface area contributed by atoms with E-state index in [1.807, 2.05) is 31.2 Å². The van der Waals surface area contributed by atoms with Crippen LogP contribution in [0.5, 0.6) is 0 Å². The van der Waals surface area contributed by atoms with E-state index >= 15 is 0 Å². The van der Waals surface area contributed by atoms with Gasteiger partial charge in [0.25, 0.3) is 0 Å². The second-order valence-corrected chi connectivity index (χ2v) is 9.18. The van der Waals surface area contributed by atoms with Crippen molar-refractivity contribution in [1.82, 2.24) is 0 Å². The summed E-state index contributed by atoms with van der Waals surface area (Å²) in [5, 5.41) is 4.45. The number of anilines is 1. The third-order valence-electron chi connectivity index (χ3n) is 7.16. The van der Waals surface area contributed by atoms with Gasteiger partial charge in [-0.15, -0.1) is 0 Å². The van der Waals surface area contributed by atoms with Gasteiger partial charge in [0.1, 0.15) is 16.7 Å². The fourth-order valence-corrected chi connectivity index (χ4v) is 5.61. The number of Topliss-reactive ketones (excluding diaryl/α,β-unsaturated/α-hetero) is 1. The van der Waals surface area contributed by atoms with Gasteiger partial charge in [-0.2, -0.15) is 0 Å². The van der Waals surface area contributed by atoms with Crippen LogP contribution in [0.15, 0.2) is 77.7 Å². The number of ether oxygens (including phenoxy) is 2.